The molecule has 2 amide bonds. The lowest BCUT2D eigenvalue weighted by atomic mass is 10.2. The van der Waals surface area contributed by atoms with Gasteiger partial charge in [-0.15, -0.1) is 12.4 Å². The zero-order valence-electron chi connectivity index (χ0n) is 12.1. The molecular weight excluding hydrogens is 351 g/mol. The van der Waals surface area contributed by atoms with Crippen molar-refractivity contribution in [3.8, 4) is 0 Å². The van der Waals surface area contributed by atoms with E-state index in [4.69, 9.17) is 11.6 Å². The number of hydrogen-bond acceptors (Lipinski definition) is 3. The SMILES string of the molecule is Cl.O=C(NCCNC(=O)C1CC(F)(F)CN1)c1ccc(Cl)cc1. The van der Waals surface area contributed by atoms with Crippen molar-refractivity contribution in [3.63, 3.8) is 0 Å². The van der Waals surface area contributed by atoms with Gasteiger partial charge in [-0.05, 0) is 24.3 Å². The predicted molar refractivity (Wildman–Crippen MR) is 85.4 cm³/mol. The van der Waals surface area contributed by atoms with Crippen LogP contribution in [0.2, 0.25) is 5.02 Å². The molecule has 0 aromatic heterocycles. The minimum Gasteiger partial charge on any atom is -0.353 e. The summed E-state index contributed by atoms with van der Waals surface area (Å²) in [7, 11) is 0. The monoisotopic (exact) mass is 367 g/mol. The van der Waals surface area contributed by atoms with Gasteiger partial charge in [0.1, 0.15) is 0 Å². The molecule has 0 radical (unpaired) electrons. The molecule has 1 unspecified atom stereocenters. The van der Waals surface area contributed by atoms with Crippen molar-refractivity contribution >= 4 is 35.8 Å². The molecule has 1 atom stereocenters. The van der Waals surface area contributed by atoms with Gasteiger partial charge >= 0.3 is 0 Å². The minimum absolute atomic E-state index is 0. The second kappa shape index (κ2) is 8.42. The summed E-state index contributed by atoms with van der Waals surface area (Å²) in [6.45, 7) is -0.114. The van der Waals surface area contributed by atoms with Crippen molar-refractivity contribution in [2.45, 2.75) is 18.4 Å². The first-order valence-corrected chi connectivity index (χ1v) is 7.18. The number of alkyl halides is 2. The maximum Gasteiger partial charge on any atom is 0.262 e. The topological polar surface area (TPSA) is 70.2 Å². The Labute approximate surface area is 143 Å². The molecule has 0 spiro atoms. The van der Waals surface area contributed by atoms with Gasteiger partial charge < -0.3 is 10.6 Å². The molecule has 0 bridgehead atoms. The Morgan fingerprint density at radius 1 is 1.22 bits per heavy atom. The Bertz CT molecular complexity index is 555. The van der Waals surface area contributed by atoms with Crippen molar-refractivity contribution in [2.24, 2.45) is 0 Å². The average Bonchev–Trinajstić information content (AvgIpc) is 2.84. The van der Waals surface area contributed by atoms with E-state index in [1.165, 1.54) is 0 Å². The molecule has 1 saturated heterocycles. The third-order valence-corrected chi connectivity index (χ3v) is 3.49. The fourth-order valence-electron chi connectivity index (χ4n) is 2.09. The van der Waals surface area contributed by atoms with Crippen molar-refractivity contribution in [1.29, 1.82) is 0 Å². The van der Waals surface area contributed by atoms with Gasteiger partial charge in [-0.25, -0.2) is 8.78 Å². The largest absolute Gasteiger partial charge is 0.353 e. The second-order valence-corrected chi connectivity index (χ2v) is 5.48. The van der Waals surface area contributed by atoms with E-state index in [1.54, 1.807) is 24.3 Å². The third kappa shape index (κ3) is 5.93. The molecule has 0 saturated carbocycles. The van der Waals surface area contributed by atoms with Gasteiger partial charge in [0.25, 0.3) is 11.8 Å². The van der Waals surface area contributed by atoms with Crippen LogP contribution in [0.25, 0.3) is 0 Å². The molecule has 1 aliphatic heterocycles. The smallest absolute Gasteiger partial charge is 0.262 e. The summed E-state index contributed by atoms with van der Waals surface area (Å²) in [6.07, 6.45) is -0.504. The number of carbonyl (C=O) groups excluding carboxylic acids is 2. The Balaban J connectivity index is 0.00000264. The summed E-state index contributed by atoms with van der Waals surface area (Å²) in [6, 6.07) is 5.48. The van der Waals surface area contributed by atoms with Crippen molar-refractivity contribution in [3.05, 3.63) is 34.9 Å². The lowest BCUT2D eigenvalue weighted by molar-refractivity contribution is -0.123. The highest BCUT2D eigenvalue weighted by Crippen LogP contribution is 2.24. The lowest BCUT2D eigenvalue weighted by Gasteiger charge is -2.11. The number of nitrogens with one attached hydrogen (secondary N) is 3. The normalized spacial score (nSPS) is 18.8. The molecule has 3 N–H and O–H groups in total. The predicted octanol–water partition coefficient (Wildman–Crippen LogP) is 1.60. The summed E-state index contributed by atoms with van der Waals surface area (Å²) in [5, 5.41) is 8.12. The van der Waals surface area contributed by atoms with E-state index in [9.17, 15) is 18.4 Å². The van der Waals surface area contributed by atoms with Crippen LogP contribution in [0.15, 0.2) is 24.3 Å². The van der Waals surface area contributed by atoms with Crippen LogP contribution < -0.4 is 16.0 Å². The Hall–Kier alpha value is -1.44. The quantitative estimate of drug-likeness (QED) is 0.692. The van der Waals surface area contributed by atoms with E-state index in [0.717, 1.165) is 0 Å². The number of rotatable bonds is 5. The van der Waals surface area contributed by atoms with Gasteiger partial charge in [-0.3, -0.25) is 14.9 Å². The molecular formula is C14H17Cl2F2N3O2. The molecule has 5 nitrogen and oxygen atoms in total. The molecule has 1 aromatic carbocycles. The van der Waals surface area contributed by atoms with Crippen LogP contribution in [0.1, 0.15) is 16.8 Å². The zero-order chi connectivity index (χ0) is 16.2. The molecule has 23 heavy (non-hydrogen) atoms. The van der Waals surface area contributed by atoms with Gasteiger partial charge in [0.15, 0.2) is 0 Å². The highest BCUT2D eigenvalue weighted by molar-refractivity contribution is 6.30. The Morgan fingerprint density at radius 3 is 2.39 bits per heavy atom. The van der Waals surface area contributed by atoms with Crippen LogP contribution in [-0.4, -0.2) is 43.4 Å². The van der Waals surface area contributed by atoms with Gasteiger partial charge in [-0.1, -0.05) is 11.6 Å². The van der Waals surface area contributed by atoms with E-state index >= 15 is 0 Å². The van der Waals surface area contributed by atoms with E-state index < -0.39 is 30.8 Å². The highest BCUT2D eigenvalue weighted by Gasteiger charge is 2.42. The standard InChI is InChI=1S/C14H16ClF2N3O2.ClH/c15-10-3-1-9(2-4-10)12(21)18-5-6-19-13(22)11-7-14(16,17)8-20-11;/h1-4,11,20H,5-8H2,(H,18,21)(H,19,22);1H. The fourth-order valence-corrected chi connectivity index (χ4v) is 2.22. The van der Waals surface area contributed by atoms with E-state index in [0.29, 0.717) is 10.6 Å². The van der Waals surface area contributed by atoms with Crippen LogP contribution in [0.3, 0.4) is 0 Å². The Morgan fingerprint density at radius 2 is 1.83 bits per heavy atom. The average molecular weight is 368 g/mol. The maximum atomic E-state index is 13.0. The number of hydrogen-bond donors (Lipinski definition) is 3. The number of carbonyl (C=O) groups is 2. The molecule has 128 valence electrons. The second-order valence-electron chi connectivity index (χ2n) is 5.05. The highest BCUT2D eigenvalue weighted by atomic mass is 35.5. The van der Waals surface area contributed by atoms with E-state index in [-0.39, 0.29) is 31.4 Å². The van der Waals surface area contributed by atoms with Crippen molar-refractivity contribution in [2.75, 3.05) is 19.6 Å². The number of halogens is 4. The molecule has 2 rings (SSSR count). The van der Waals surface area contributed by atoms with E-state index in [1.807, 2.05) is 0 Å². The van der Waals surface area contributed by atoms with Crippen LogP contribution in [0, 0.1) is 0 Å². The third-order valence-electron chi connectivity index (χ3n) is 3.24. The van der Waals surface area contributed by atoms with Gasteiger partial charge in [0.2, 0.25) is 5.91 Å². The van der Waals surface area contributed by atoms with Gasteiger partial charge in [0, 0.05) is 30.1 Å². The number of benzene rings is 1. The summed E-state index contributed by atoms with van der Waals surface area (Å²) in [5.74, 6) is -3.63. The summed E-state index contributed by atoms with van der Waals surface area (Å²) >= 11 is 5.72. The molecule has 0 aliphatic carbocycles. The summed E-state index contributed by atoms with van der Waals surface area (Å²) in [4.78, 5) is 23.4. The van der Waals surface area contributed by atoms with Crippen LogP contribution in [0.4, 0.5) is 8.78 Å². The minimum atomic E-state index is -2.84. The fraction of sp³-hybridized carbons (Fsp3) is 0.429. The molecule has 1 aliphatic rings. The zero-order valence-corrected chi connectivity index (χ0v) is 13.6. The van der Waals surface area contributed by atoms with Crippen LogP contribution in [0.5, 0.6) is 0 Å². The molecule has 1 heterocycles. The first kappa shape index (κ1) is 19.6. The van der Waals surface area contributed by atoms with Crippen molar-refractivity contribution in [1.82, 2.24) is 16.0 Å². The van der Waals surface area contributed by atoms with Crippen LogP contribution >= 0.6 is 24.0 Å². The molecule has 1 fully saturated rings. The maximum absolute atomic E-state index is 13.0. The molecule has 1 aromatic rings. The first-order chi connectivity index (χ1) is 10.4. The van der Waals surface area contributed by atoms with Gasteiger partial charge in [-0.2, -0.15) is 0 Å². The van der Waals surface area contributed by atoms with Gasteiger partial charge in [0.05, 0.1) is 12.6 Å². The Kier molecular flexibility index (Phi) is 7.18. The summed E-state index contributed by atoms with van der Waals surface area (Å²) < 4.78 is 25.9. The lowest BCUT2D eigenvalue weighted by Crippen LogP contribution is -2.43. The van der Waals surface area contributed by atoms with E-state index in [2.05, 4.69) is 16.0 Å². The first-order valence-electron chi connectivity index (χ1n) is 6.80. The molecule has 9 heteroatoms. The summed E-state index contributed by atoms with van der Waals surface area (Å²) in [5.41, 5.74) is 0.452. The number of amides is 2. The van der Waals surface area contributed by atoms with Crippen LogP contribution in [-0.2, 0) is 4.79 Å². The van der Waals surface area contributed by atoms with Crippen molar-refractivity contribution < 1.29 is 18.4 Å².